The van der Waals surface area contributed by atoms with Gasteiger partial charge in [-0.3, -0.25) is 9.59 Å². The Morgan fingerprint density at radius 3 is 2.45 bits per heavy atom. The number of rotatable bonds is 5. The maximum atomic E-state index is 11.9. The number of ketones is 1. The number of Topliss-reactive ketones (excluding diaryl/α,β-unsaturated/α-hetero) is 1. The highest BCUT2D eigenvalue weighted by molar-refractivity contribution is 6.42. The Kier molecular flexibility index (Phi) is 4.90. The van der Waals surface area contributed by atoms with Gasteiger partial charge in [0.2, 0.25) is 5.78 Å². The lowest BCUT2D eigenvalue weighted by Crippen LogP contribution is -2.39. The summed E-state index contributed by atoms with van der Waals surface area (Å²) in [6, 6.07) is 6.89. The summed E-state index contributed by atoms with van der Waals surface area (Å²) in [5.74, 6) is -0.945. The van der Waals surface area contributed by atoms with Crippen LogP contribution in [0.1, 0.15) is 41.6 Å². The van der Waals surface area contributed by atoms with Crippen LogP contribution in [0.3, 0.4) is 0 Å². The molecule has 0 spiro atoms. The van der Waals surface area contributed by atoms with Crippen molar-refractivity contribution >= 4 is 11.7 Å². The minimum Gasteiger partial charge on any atom is -0.391 e. The van der Waals surface area contributed by atoms with Crippen LogP contribution in [0.15, 0.2) is 24.3 Å². The van der Waals surface area contributed by atoms with Gasteiger partial charge >= 0.3 is 0 Å². The monoisotopic (exact) mass is 275 g/mol. The number of benzene rings is 1. The van der Waals surface area contributed by atoms with Crippen LogP contribution in [0, 0.1) is 12.8 Å². The maximum Gasteiger partial charge on any atom is 0.292 e. The molecule has 4 nitrogen and oxygen atoms in total. The van der Waals surface area contributed by atoms with Crippen LogP contribution in [0.2, 0.25) is 0 Å². The molecule has 0 radical (unpaired) electrons. The van der Waals surface area contributed by atoms with E-state index < -0.39 is 17.8 Å². The van der Waals surface area contributed by atoms with Gasteiger partial charge in [0.15, 0.2) is 0 Å². The highest BCUT2D eigenvalue weighted by Crippen LogP contribution is 2.27. The van der Waals surface area contributed by atoms with Crippen LogP contribution >= 0.6 is 0 Å². The lowest BCUT2D eigenvalue weighted by molar-refractivity contribution is -0.117. The van der Waals surface area contributed by atoms with E-state index in [0.717, 1.165) is 31.2 Å². The second-order valence-electron chi connectivity index (χ2n) is 5.52. The third-order valence-electron chi connectivity index (χ3n) is 3.94. The Morgan fingerprint density at radius 1 is 1.25 bits per heavy atom. The summed E-state index contributed by atoms with van der Waals surface area (Å²) in [4.78, 5) is 23.7. The molecule has 1 aromatic rings. The molecule has 1 aromatic carbocycles. The van der Waals surface area contributed by atoms with E-state index in [0.29, 0.717) is 5.56 Å². The van der Waals surface area contributed by atoms with Crippen molar-refractivity contribution in [3.63, 3.8) is 0 Å². The van der Waals surface area contributed by atoms with E-state index in [1.54, 1.807) is 24.3 Å². The van der Waals surface area contributed by atoms with Crippen LogP contribution in [-0.2, 0) is 4.79 Å². The van der Waals surface area contributed by atoms with Gasteiger partial charge in [-0.25, -0.2) is 0 Å². The zero-order valence-electron chi connectivity index (χ0n) is 11.8. The van der Waals surface area contributed by atoms with Gasteiger partial charge in [0, 0.05) is 12.1 Å². The molecule has 0 aliphatic heterocycles. The standard InChI is InChI=1S/C16H21NO3/c1-11-6-8-13(9-7-11)15(19)16(20)17-10-14(18)12-4-2-3-5-12/h6-9,12,14,18H,2-5,10H2,1H3,(H,17,20). The van der Waals surface area contributed by atoms with Crippen molar-refractivity contribution in [2.45, 2.75) is 38.7 Å². The van der Waals surface area contributed by atoms with E-state index in [1.807, 2.05) is 6.92 Å². The second kappa shape index (κ2) is 6.66. The first-order chi connectivity index (χ1) is 9.58. The fraction of sp³-hybridized carbons (Fsp3) is 0.500. The van der Waals surface area contributed by atoms with Crippen LogP contribution in [0.4, 0.5) is 0 Å². The number of hydrogen-bond donors (Lipinski definition) is 2. The van der Waals surface area contributed by atoms with Crippen molar-refractivity contribution in [2.24, 2.45) is 5.92 Å². The average Bonchev–Trinajstić information content (AvgIpc) is 2.98. The Labute approximate surface area is 119 Å². The van der Waals surface area contributed by atoms with Crippen molar-refractivity contribution in [3.8, 4) is 0 Å². The Bertz CT molecular complexity index is 475. The molecule has 1 aliphatic carbocycles. The molecule has 1 saturated carbocycles. The fourth-order valence-electron chi connectivity index (χ4n) is 2.62. The zero-order chi connectivity index (χ0) is 14.5. The van der Waals surface area contributed by atoms with E-state index in [4.69, 9.17) is 0 Å². The third-order valence-corrected chi connectivity index (χ3v) is 3.94. The number of aliphatic hydroxyl groups excluding tert-OH is 1. The maximum absolute atomic E-state index is 11.9. The highest BCUT2D eigenvalue weighted by atomic mass is 16.3. The molecule has 0 aromatic heterocycles. The number of carbonyl (C=O) groups is 2. The number of aryl methyl sites for hydroxylation is 1. The lowest BCUT2D eigenvalue weighted by Gasteiger charge is -2.17. The largest absolute Gasteiger partial charge is 0.391 e. The molecule has 1 unspecified atom stereocenters. The van der Waals surface area contributed by atoms with Crippen LogP contribution in [0.5, 0.6) is 0 Å². The average molecular weight is 275 g/mol. The van der Waals surface area contributed by atoms with Crippen molar-refractivity contribution in [1.29, 1.82) is 0 Å². The Balaban J connectivity index is 1.84. The van der Waals surface area contributed by atoms with Crippen LogP contribution in [0.25, 0.3) is 0 Å². The van der Waals surface area contributed by atoms with Crippen molar-refractivity contribution in [2.75, 3.05) is 6.54 Å². The molecule has 1 atom stereocenters. The molecule has 0 saturated heterocycles. The number of hydrogen-bond acceptors (Lipinski definition) is 3. The number of amides is 1. The van der Waals surface area contributed by atoms with E-state index in [9.17, 15) is 14.7 Å². The van der Waals surface area contributed by atoms with Crippen molar-refractivity contribution in [1.82, 2.24) is 5.32 Å². The van der Waals surface area contributed by atoms with Gasteiger partial charge in [-0.1, -0.05) is 42.7 Å². The summed E-state index contributed by atoms with van der Waals surface area (Å²) in [5.41, 5.74) is 1.42. The molecule has 2 N–H and O–H groups in total. The molecule has 1 fully saturated rings. The molecule has 0 bridgehead atoms. The first kappa shape index (κ1) is 14.7. The molecule has 4 heteroatoms. The van der Waals surface area contributed by atoms with Gasteiger partial charge in [0.1, 0.15) is 0 Å². The summed E-state index contributed by atoms with van der Waals surface area (Å²) in [5, 5.41) is 12.5. The zero-order valence-corrected chi connectivity index (χ0v) is 11.8. The Hall–Kier alpha value is -1.68. The first-order valence-electron chi connectivity index (χ1n) is 7.15. The summed E-state index contributed by atoms with van der Waals surface area (Å²) >= 11 is 0. The van der Waals surface area contributed by atoms with Crippen molar-refractivity contribution < 1.29 is 14.7 Å². The first-order valence-corrected chi connectivity index (χ1v) is 7.15. The highest BCUT2D eigenvalue weighted by Gasteiger charge is 2.24. The second-order valence-corrected chi connectivity index (χ2v) is 5.52. The number of carbonyl (C=O) groups excluding carboxylic acids is 2. The minimum atomic E-state index is -0.647. The lowest BCUT2D eigenvalue weighted by atomic mass is 10.0. The molecular weight excluding hydrogens is 254 g/mol. The van der Waals surface area contributed by atoms with E-state index in [1.165, 1.54) is 0 Å². The van der Waals surface area contributed by atoms with E-state index >= 15 is 0 Å². The van der Waals surface area contributed by atoms with Gasteiger partial charge in [-0.15, -0.1) is 0 Å². The van der Waals surface area contributed by atoms with Crippen molar-refractivity contribution in [3.05, 3.63) is 35.4 Å². The van der Waals surface area contributed by atoms with Gasteiger partial charge in [0.05, 0.1) is 6.10 Å². The van der Waals surface area contributed by atoms with Gasteiger partial charge in [-0.05, 0) is 25.7 Å². The summed E-state index contributed by atoms with van der Waals surface area (Å²) in [6.45, 7) is 2.08. The van der Waals surface area contributed by atoms with E-state index in [2.05, 4.69) is 5.32 Å². The molecule has 0 heterocycles. The van der Waals surface area contributed by atoms with E-state index in [-0.39, 0.29) is 12.5 Å². The van der Waals surface area contributed by atoms with Gasteiger partial charge in [-0.2, -0.15) is 0 Å². The van der Waals surface area contributed by atoms with Gasteiger partial charge in [0.25, 0.3) is 5.91 Å². The summed E-state index contributed by atoms with van der Waals surface area (Å²) < 4.78 is 0. The fourth-order valence-corrected chi connectivity index (χ4v) is 2.62. The SMILES string of the molecule is Cc1ccc(C(=O)C(=O)NCC(O)C2CCCC2)cc1. The predicted molar refractivity (Wildman–Crippen MR) is 76.5 cm³/mol. The molecule has 1 amide bonds. The number of nitrogens with one attached hydrogen (secondary N) is 1. The quantitative estimate of drug-likeness (QED) is 0.636. The summed E-state index contributed by atoms with van der Waals surface area (Å²) in [7, 11) is 0. The smallest absolute Gasteiger partial charge is 0.292 e. The number of aliphatic hydroxyl groups is 1. The van der Waals surface area contributed by atoms with Crippen LogP contribution in [-0.4, -0.2) is 29.4 Å². The molecular formula is C16H21NO3. The van der Waals surface area contributed by atoms with Crippen LogP contribution < -0.4 is 5.32 Å². The predicted octanol–water partition coefficient (Wildman–Crippen LogP) is 1.85. The Morgan fingerprint density at radius 2 is 1.85 bits per heavy atom. The topological polar surface area (TPSA) is 66.4 Å². The molecule has 108 valence electrons. The third kappa shape index (κ3) is 3.67. The normalized spacial score (nSPS) is 16.9. The molecule has 2 rings (SSSR count). The van der Waals surface area contributed by atoms with Gasteiger partial charge < -0.3 is 10.4 Å². The molecule has 1 aliphatic rings. The minimum absolute atomic E-state index is 0.154. The summed E-state index contributed by atoms with van der Waals surface area (Å²) in [6.07, 6.45) is 3.73. The molecule has 20 heavy (non-hydrogen) atoms.